The van der Waals surface area contributed by atoms with Crippen molar-refractivity contribution in [2.45, 2.75) is 71.7 Å². The number of nitrogens with one attached hydrogen (secondary N) is 1. The number of alkyl halides is 3. The van der Waals surface area contributed by atoms with Crippen molar-refractivity contribution in [2.24, 2.45) is 0 Å². The maximum Gasteiger partial charge on any atom is 0.272 e. The van der Waals surface area contributed by atoms with Gasteiger partial charge in [0.15, 0.2) is 12.6 Å². The van der Waals surface area contributed by atoms with E-state index in [9.17, 15) is 35.4 Å². The van der Waals surface area contributed by atoms with Crippen LogP contribution in [-0.2, 0) is 30.3 Å². The third-order valence-electron chi connectivity index (χ3n) is 5.81. The van der Waals surface area contributed by atoms with E-state index in [0.717, 1.165) is 5.56 Å². The molecule has 36 heavy (non-hydrogen) atoms. The number of carbonyl (C=O) groups excluding carboxylic acids is 1. The van der Waals surface area contributed by atoms with Crippen LogP contribution < -0.4 is 5.32 Å². The molecule has 0 radical (unpaired) electrons. The van der Waals surface area contributed by atoms with Crippen LogP contribution in [0.3, 0.4) is 0 Å². The van der Waals surface area contributed by atoms with Gasteiger partial charge in [0.1, 0.15) is 48.8 Å². The summed E-state index contributed by atoms with van der Waals surface area (Å²) in [6, 6.07) is 7.48. The van der Waals surface area contributed by atoms with E-state index in [4.69, 9.17) is 53.8 Å². The summed E-state index contributed by atoms with van der Waals surface area (Å²) in [5.74, 6) is -1.12. The Morgan fingerprint density at radius 2 is 1.47 bits per heavy atom. The van der Waals surface area contributed by atoms with Crippen molar-refractivity contribution in [3.05, 3.63) is 35.9 Å². The number of aliphatic hydroxyl groups excluding tert-OH is 6. The lowest BCUT2D eigenvalue weighted by Gasteiger charge is -2.47. The predicted molar refractivity (Wildman–Crippen MR) is 124 cm³/mol. The molecule has 0 saturated carbocycles. The van der Waals surface area contributed by atoms with E-state index >= 15 is 0 Å². The fraction of sp³-hybridized carbons (Fsp3) is 0.667. The van der Waals surface area contributed by atoms with Crippen LogP contribution in [0.4, 0.5) is 0 Å². The zero-order valence-electron chi connectivity index (χ0n) is 18.6. The minimum Gasteiger partial charge on any atom is -0.394 e. The second-order valence-corrected chi connectivity index (χ2v) is 10.6. The summed E-state index contributed by atoms with van der Waals surface area (Å²) >= 11 is 17.1. The maximum atomic E-state index is 12.5. The second kappa shape index (κ2) is 12.8. The zero-order chi connectivity index (χ0) is 26.6. The van der Waals surface area contributed by atoms with Crippen molar-refractivity contribution in [1.29, 1.82) is 0 Å². The molecule has 10 atom stereocenters. The molecule has 0 aromatic heterocycles. The van der Waals surface area contributed by atoms with E-state index in [0.29, 0.717) is 0 Å². The Balaban J connectivity index is 1.89. The lowest BCUT2D eigenvalue weighted by Crippen LogP contribution is -2.68. The molecule has 1 amide bonds. The average Bonchev–Trinajstić information content (AvgIpc) is 2.85. The number of hydrogen-bond acceptors (Lipinski definition) is 11. The summed E-state index contributed by atoms with van der Waals surface area (Å²) in [4.78, 5) is 12.5. The quantitative estimate of drug-likeness (QED) is 0.175. The molecule has 7 N–H and O–H groups in total. The Labute approximate surface area is 221 Å². The number of hydrogen-bond donors (Lipinski definition) is 7. The highest BCUT2D eigenvalue weighted by Crippen LogP contribution is 2.32. The van der Waals surface area contributed by atoms with Crippen molar-refractivity contribution in [3.8, 4) is 0 Å². The number of amides is 1. The molecule has 0 spiro atoms. The topological polar surface area (TPSA) is 187 Å². The molecule has 2 saturated heterocycles. The Morgan fingerprint density at radius 3 is 2.06 bits per heavy atom. The number of rotatable bonds is 8. The van der Waals surface area contributed by atoms with Gasteiger partial charge in [0.25, 0.3) is 9.70 Å². The van der Waals surface area contributed by atoms with Gasteiger partial charge in [-0.2, -0.15) is 0 Å². The molecule has 204 valence electrons. The highest BCUT2D eigenvalue weighted by Gasteiger charge is 2.52. The molecule has 0 bridgehead atoms. The van der Waals surface area contributed by atoms with E-state index < -0.39 is 84.3 Å². The van der Waals surface area contributed by atoms with Crippen molar-refractivity contribution in [2.75, 3.05) is 13.2 Å². The molecule has 2 heterocycles. The molecule has 3 rings (SSSR count). The SMILES string of the molecule is O=C(NC1[C@H](OCc2ccccc2)OC(CO)[C@@H](O)[C@@H]1O[C@@H]1OC(CO)[C@H](O)[C@H](O)C1O)C(Cl)(Cl)Cl. The van der Waals surface area contributed by atoms with Gasteiger partial charge in [-0.3, -0.25) is 4.79 Å². The molecule has 0 aliphatic carbocycles. The van der Waals surface area contributed by atoms with E-state index in [2.05, 4.69) is 5.32 Å². The number of halogens is 3. The first kappa shape index (κ1) is 29.7. The summed E-state index contributed by atoms with van der Waals surface area (Å²) < 4.78 is 20.1. The van der Waals surface area contributed by atoms with E-state index in [1.54, 1.807) is 30.3 Å². The fourth-order valence-electron chi connectivity index (χ4n) is 3.85. The molecular weight excluding hydrogens is 549 g/mol. The summed E-state index contributed by atoms with van der Waals surface area (Å²) in [7, 11) is 0. The van der Waals surface area contributed by atoms with Gasteiger partial charge in [-0.05, 0) is 5.56 Å². The van der Waals surface area contributed by atoms with Crippen LogP contribution in [0.2, 0.25) is 0 Å². The summed E-state index contributed by atoms with van der Waals surface area (Å²) in [6.45, 7) is -1.44. The average molecular weight is 577 g/mol. The Bertz CT molecular complexity index is 846. The summed E-state index contributed by atoms with van der Waals surface area (Å²) in [5.41, 5.74) is 0.727. The molecule has 4 unspecified atom stereocenters. The van der Waals surface area contributed by atoms with Crippen LogP contribution in [0.25, 0.3) is 0 Å². The van der Waals surface area contributed by atoms with Crippen molar-refractivity contribution >= 4 is 40.7 Å². The van der Waals surface area contributed by atoms with Crippen LogP contribution >= 0.6 is 34.8 Å². The molecular formula is C21H28Cl3NO11. The molecule has 2 aliphatic rings. The Kier molecular flexibility index (Phi) is 10.6. The van der Waals surface area contributed by atoms with Gasteiger partial charge in [-0.1, -0.05) is 65.1 Å². The summed E-state index contributed by atoms with van der Waals surface area (Å²) in [5, 5.41) is 62.9. The molecule has 15 heteroatoms. The predicted octanol–water partition coefficient (Wildman–Crippen LogP) is -1.68. The lowest BCUT2D eigenvalue weighted by atomic mass is 9.95. The van der Waals surface area contributed by atoms with E-state index in [-0.39, 0.29) is 6.61 Å². The van der Waals surface area contributed by atoms with Gasteiger partial charge in [-0.25, -0.2) is 0 Å². The third-order valence-corrected chi connectivity index (χ3v) is 6.32. The Morgan fingerprint density at radius 1 is 0.889 bits per heavy atom. The molecule has 1 aromatic carbocycles. The smallest absolute Gasteiger partial charge is 0.272 e. The van der Waals surface area contributed by atoms with Crippen molar-refractivity contribution in [1.82, 2.24) is 5.32 Å². The van der Waals surface area contributed by atoms with E-state index in [1.165, 1.54) is 0 Å². The normalized spacial score (nSPS) is 37.5. The number of benzene rings is 1. The molecule has 2 fully saturated rings. The Hall–Kier alpha value is -0.840. The monoisotopic (exact) mass is 575 g/mol. The first-order valence-electron chi connectivity index (χ1n) is 10.9. The number of aliphatic hydroxyl groups is 6. The molecule has 2 aliphatic heterocycles. The van der Waals surface area contributed by atoms with Crippen LogP contribution in [0.5, 0.6) is 0 Å². The van der Waals surface area contributed by atoms with Crippen LogP contribution in [0, 0.1) is 0 Å². The first-order chi connectivity index (χ1) is 17.0. The van der Waals surface area contributed by atoms with Gasteiger partial charge in [0.2, 0.25) is 0 Å². The molecule has 1 aromatic rings. The largest absolute Gasteiger partial charge is 0.394 e. The minimum absolute atomic E-state index is 0.0212. The third kappa shape index (κ3) is 6.97. The first-order valence-corrected chi connectivity index (χ1v) is 12.0. The number of ether oxygens (including phenoxy) is 4. The number of carbonyl (C=O) groups is 1. The van der Waals surface area contributed by atoms with Gasteiger partial charge in [-0.15, -0.1) is 0 Å². The molecule has 12 nitrogen and oxygen atoms in total. The second-order valence-electron chi connectivity index (χ2n) is 8.31. The van der Waals surface area contributed by atoms with Crippen molar-refractivity contribution < 1.29 is 54.4 Å². The highest BCUT2D eigenvalue weighted by molar-refractivity contribution is 6.76. The van der Waals surface area contributed by atoms with Gasteiger partial charge >= 0.3 is 0 Å². The van der Waals surface area contributed by atoms with E-state index in [1.807, 2.05) is 0 Å². The van der Waals surface area contributed by atoms with Gasteiger partial charge in [0, 0.05) is 0 Å². The zero-order valence-corrected chi connectivity index (χ0v) is 20.9. The van der Waals surface area contributed by atoms with Crippen LogP contribution in [-0.4, -0.2) is 115 Å². The van der Waals surface area contributed by atoms with Gasteiger partial charge in [0.05, 0.1) is 19.8 Å². The van der Waals surface area contributed by atoms with Crippen LogP contribution in [0.1, 0.15) is 5.56 Å². The standard InChI is InChI=1S/C21H28Cl3NO11/c22-21(23,24)20(32)25-12-17(36-19-16(31)15(30)13(28)10(6-26)35-19)14(29)11(7-27)34-18(12)33-8-9-4-2-1-3-5-9/h1-5,10-19,26-31H,6-8H2,(H,25,32)/t10?,11?,12?,13-,14+,15-,16?,17+,18+,19-/m0/s1. The maximum absolute atomic E-state index is 12.5. The summed E-state index contributed by atoms with van der Waals surface area (Å²) in [6.07, 6.45) is -14.0. The lowest BCUT2D eigenvalue weighted by molar-refractivity contribution is -0.345. The van der Waals surface area contributed by atoms with Crippen LogP contribution in [0.15, 0.2) is 30.3 Å². The van der Waals surface area contributed by atoms with Gasteiger partial charge < -0.3 is 54.9 Å². The fourth-order valence-corrected chi connectivity index (χ4v) is 4.01. The minimum atomic E-state index is -2.42. The highest BCUT2D eigenvalue weighted by atomic mass is 35.6. The van der Waals surface area contributed by atoms with Crippen molar-refractivity contribution in [3.63, 3.8) is 0 Å².